The van der Waals surface area contributed by atoms with Gasteiger partial charge in [0, 0.05) is 6.42 Å². The Bertz CT molecular complexity index is 273. The molecule has 1 aromatic rings. The molecule has 0 aliphatic carbocycles. The summed E-state index contributed by atoms with van der Waals surface area (Å²) in [5.74, 6) is 1.46. The van der Waals surface area contributed by atoms with E-state index in [9.17, 15) is 0 Å². The van der Waals surface area contributed by atoms with Crippen molar-refractivity contribution in [3.63, 3.8) is 0 Å². The van der Waals surface area contributed by atoms with Gasteiger partial charge in [-0.1, -0.05) is 39.0 Å². The predicted molar refractivity (Wildman–Crippen MR) is 64.1 cm³/mol. The average molecular weight is 225 g/mol. The molecule has 0 amide bonds. The average Bonchev–Trinajstić information content (AvgIpc) is 2.72. The number of rotatable bonds is 9. The summed E-state index contributed by atoms with van der Waals surface area (Å²) in [7, 11) is 1.87. The van der Waals surface area contributed by atoms with E-state index in [0.29, 0.717) is 12.4 Å². The second-order valence-corrected chi connectivity index (χ2v) is 4.14. The van der Waals surface area contributed by atoms with E-state index in [-0.39, 0.29) is 0 Å². The Morgan fingerprint density at radius 3 is 2.44 bits per heavy atom. The summed E-state index contributed by atoms with van der Waals surface area (Å²) in [5.41, 5.74) is 0. The van der Waals surface area contributed by atoms with Gasteiger partial charge in [-0.2, -0.15) is 0 Å². The van der Waals surface area contributed by atoms with Crippen LogP contribution < -0.4 is 5.32 Å². The quantitative estimate of drug-likeness (QED) is 0.656. The molecule has 1 rings (SSSR count). The van der Waals surface area contributed by atoms with Crippen LogP contribution >= 0.6 is 0 Å². The van der Waals surface area contributed by atoms with Crippen LogP contribution in [0.4, 0.5) is 0 Å². The highest BCUT2D eigenvalue weighted by molar-refractivity contribution is 4.81. The van der Waals surface area contributed by atoms with Gasteiger partial charge in [0.15, 0.2) is 0 Å². The highest BCUT2D eigenvalue weighted by Gasteiger charge is 2.04. The molecular formula is C12H23N3O. The van der Waals surface area contributed by atoms with Crippen molar-refractivity contribution in [2.24, 2.45) is 0 Å². The van der Waals surface area contributed by atoms with Crippen LogP contribution in [0.25, 0.3) is 0 Å². The maximum Gasteiger partial charge on any atom is 0.230 e. The van der Waals surface area contributed by atoms with E-state index >= 15 is 0 Å². The Hall–Kier alpha value is -0.900. The third kappa shape index (κ3) is 5.26. The van der Waals surface area contributed by atoms with Crippen LogP contribution in [0.5, 0.6) is 0 Å². The number of hydrogen-bond donors (Lipinski definition) is 1. The second kappa shape index (κ2) is 8.28. The lowest BCUT2D eigenvalue weighted by atomic mass is 10.1. The Labute approximate surface area is 97.8 Å². The minimum Gasteiger partial charge on any atom is -0.424 e. The lowest BCUT2D eigenvalue weighted by molar-refractivity contribution is 0.431. The lowest BCUT2D eigenvalue weighted by Crippen LogP contribution is -2.04. The van der Waals surface area contributed by atoms with Crippen molar-refractivity contribution < 1.29 is 4.42 Å². The van der Waals surface area contributed by atoms with E-state index in [1.165, 1.54) is 32.1 Å². The minimum atomic E-state index is 0.656. The first-order valence-corrected chi connectivity index (χ1v) is 6.32. The highest BCUT2D eigenvalue weighted by atomic mass is 16.4. The molecule has 92 valence electrons. The summed E-state index contributed by atoms with van der Waals surface area (Å²) >= 11 is 0. The van der Waals surface area contributed by atoms with Crippen LogP contribution in [-0.4, -0.2) is 17.2 Å². The zero-order valence-corrected chi connectivity index (χ0v) is 10.5. The summed E-state index contributed by atoms with van der Waals surface area (Å²) in [5, 5.41) is 11.0. The molecule has 0 aromatic carbocycles. The van der Waals surface area contributed by atoms with Crippen molar-refractivity contribution in [1.29, 1.82) is 0 Å². The van der Waals surface area contributed by atoms with Crippen molar-refractivity contribution in [2.75, 3.05) is 7.05 Å². The lowest BCUT2D eigenvalue weighted by Gasteiger charge is -1.97. The van der Waals surface area contributed by atoms with Crippen molar-refractivity contribution in [3.05, 3.63) is 11.8 Å². The summed E-state index contributed by atoms with van der Waals surface area (Å²) in [4.78, 5) is 0. The first kappa shape index (κ1) is 13.2. The Kier molecular flexibility index (Phi) is 6.81. The van der Waals surface area contributed by atoms with Gasteiger partial charge in [0.05, 0.1) is 6.54 Å². The van der Waals surface area contributed by atoms with Crippen LogP contribution in [-0.2, 0) is 13.0 Å². The monoisotopic (exact) mass is 225 g/mol. The highest BCUT2D eigenvalue weighted by Crippen LogP contribution is 2.09. The summed E-state index contributed by atoms with van der Waals surface area (Å²) < 4.78 is 5.47. The van der Waals surface area contributed by atoms with Gasteiger partial charge in [-0.05, 0) is 13.5 Å². The van der Waals surface area contributed by atoms with Crippen molar-refractivity contribution >= 4 is 0 Å². The van der Waals surface area contributed by atoms with Gasteiger partial charge in [-0.15, -0.1) is 10.2 Å². The fraction of sp³-hybridized carbons (Fsp3) is 0.833. The Morgan fingerprint density at radius 1 is 1.00 bits per heavy atom. The third-order valence-corrected chi connectivity index (χ3v) is 2.58. The molecule has 4 nitrogen and oxygen atoms in total. The standard InChI is InChI=1S/C12H23N3O/c1-3-4-5-6-7-8-9-11-14-15-12(16-11)10-13-2/h13H,3-10H2,1-2H3. The van der Waals surface area contributed by atoms with Gasteiger partial charge in [0.2, 0.25) is 11.8 Å². The molecule has 4 heteroatoms. The number of nitrogens with zero attached hydrogens (tertiary/aromatic N) is 2. The molecule has 0 unspecified atom stereocenters. The summed E-state index contributed by atoms with van der Waals surface area (Å²) in [6, 6.07) is 0. The molecule has 0 saturated carbocycles. The van der Waals surface area contributed by atoms with E-state index in [0.717, 1.165) is 18.7 Å². The van der Waals surface area contributed by atoms with Gasteiger partial charge in [0.25, 0.3) is 0 Å². The number of hydrogen-bond acceptors (Lipinski definition) is 4. The summed E-state index contributed by atoms with van der Waals surface area (Å²) in [6.45, 7) is 2.89. The first-order valence-electron chi connectivity index (χ1n) is 6.32. The number of aromatic nitrogens is 2. The molecule has 0 fully saturated rings. The first-order chi connectivity index (χ1) is 7.86. The van der Waals surface area contributed by atoms with Crippen LogP contribution in [0.1, 0.15) is 57.2 Å². The zero-order valence-electron chi connectivity index (χ0n) is 10.5. The van der Waals surface area contributed by atoms with Crippen LogP contribution in [0.3, 0.4) is 0 Å². The number of nitrogens with one attached hydrogen (secondary N) is 1. The summed E-state index contributed by atoms with van der Waals surface area (Å²) in [6.07, 6.45) is 8.68. The maximum absolute atomic E-state index is 5.47. The van der Waals surface area contributed by atoms with Crippen LogP contribution in [0.2, 0.25) is 0 Å². The maximum atomic E-state index is 5.47. The predicted octanol–water partition coefficient (Wildman–Crippen LogP) is 2.69. The SMILES string of the molecule is CCCCCCCCc1nnc(CNC)o1. The van der Waals surface area contributed by atoms with E-state index in [2.05, 4.69) is 22.4 Å². The van der Waals surface area contributed by atoms with Crippen LogP contribution in [0, 0.1) is 0 Å². The van der Waals surface area contributed by atoms with E-state index in [1.54, 1.807) is 0 Å². The fourth-order valence-corrected chi connectivity index (χ4v) is 1.67. The van der Waals surface area contributed by atoms with Crippen molar-refractivity contribution in [2.45, 2.75) is 58.4 Å². The smallest absolute Gasteiger partial charge is 0.230 e. The molecule has 0 bridgehead atoms. The molecule has 0 aliphatic heterocycles. The molecule has 0 radical (unpaired) electrons. The molecule has 0 spiro atoms. The number of aryl methyl sites for hydroxylation is 1. The van der Waals surface area contributed by atoms with Gasteiger partial charge in [-0.3, -0.25) is 0 Å². The zero-order chi connectivity index (χ0) is 11.6. The third-order valence-electron chi connectivity index (χ3n) is 2.58. The minimum absolute atomic E-state index is 0.656. The van der Waals surface area contributed by atoms with Gasteiger partial charge >= 0.3 is 0 Å². The molecule has 0 saturated heterocycles. The molecule has 16 heavy (non-hydrogen) atoms. The largest absolute Gasteiger partial charge is 0.424 e. The van der Waals surface area contributed by atoms with Crippen LogP contribution in [0.15, 0.2) is 4.42 Å². The van der Waals surface area contributed by atoms with Gasteiger partial charge in [0.1, 0.15) is 0 Å². The van der Waals surface area contributed by atoms with Crippen molar-refractivity contribution in [3.8, 4) is 0 Å². The van der Waals surface area contributed by atoms with E-state index in [1.807, 2.05) is 7.05 Å². The van der Waals surface area contributed by atoms with Gasteiger partial charge < -0.3 is 9.73 Å². The van der Waals surface area contributed by atoms with E-state index in [4.69, 9.17) is 4.42 Å². The van der Waals surface area contributed by atoms with E-state index < -0.39 is 0 Å². The fourth-order valence-electron chi connectivity index (χ4n) is 1.67. The molecule has 0 atom stereocenters. The topological polar surface area (TPSA) is 51.0 Å². The molecule has 1 heterocycles. The van der Waals surface area contributed by atoms with Crippen molar-refractivity contribution in [1.82, 2.24) is 15.5 Å². The van der Waals surface area contributed by atoms with Gasteiger partial charge in [-0.25, -0.2) is 0 Å². The Morgan fingerprint density at radius 2 is 1.69 bits per heavy atom. The molecule has 0 aliphatic rings. The second-order valence-electron chi connectivity index (χ2n) is 4.14. The molecule has 1 aromatic heterocycles. The molecular weight excluding hydrogens is 202 g/mol. The Balaban J connectivity index is 2.07. The normalized spacial score (nSPS) is 10.9. The molecule has 1 N–H and O–H groups in total. The number of unbranched alkanes of at least 4 members (excludes halogenated alkanes) is 5.